The summed E-state index contributed by atoms with van der Waals surface area (Å²) in [7, 11) is 0. The highest BCUT2D eigenvalue weighted by molar-refractivity contribution is 5.66. The maximum absolute atomic E-state index is 5.83. The monoisotopic (exact) mass is 240 g/mol. The van der Waals surface area contributed by atoms with E-state index in [2.05, 4.69) is 42.6 Å². The summed E-state index contributed by atoms with van der Waals surface area (Å²) >= 11 is 0. The molecule has 0 fully saturated rings. The van der Waals surface area contributed by atoms with E-state index < -0.39 is 0 Å². The molecule has 0 radical (unpaired) electrons. The number of nitrogens with one attached hydrogen (secondary N) is 1. The first kappa shape index (κ1) is 12.5. The normalized spacial score (nSPS) is 10.3. The van der Waals surface area contributed by atoms with E-state index in [1.54, 1.807) is 0 Å². The molecule has 0 aliphatic carbocycles. The van der Waals surface area contributed by atoms with Crippen LogP contribution >= 0.6 is 0 Å². The summed E-state index contributed by atoms with van der Waals surface area (Å²) in [4.78, 5) is 0. The number of aryl methyl sites for hydroxylation is 2. The van der Waals surface area contributed by atoms with E-state index >= 15 is 0 Å². The predicted octanol–water partition coefficient (Wildman–Crippen LogP) is 4.27. The van der Waals surface area contributed by atoms with Gasteiger partial charge in [-0.15, -0.1) is 0 Å². The molecular weight excluding hydrogens is 220 g/mol. The fourth-order valence-electron chi connectivity index (χ4n) is 2.04. The summed E-state index contributed by atoms with van der Waals surface area (Å²) in [6, 6.07) is 14.5. The SMILES string of the molecule is CCCc1ccccc1Nc1ccc(N)c(C)c1. The Morgan fingerprint density at radius 1 is 1.11 bits per heavy atom. The average molecular weight is 240 g/mol. The van der Waals surface area contributed by atoms with Crippen LogP contribution in [-0.4, -0.2) is 0 Å². The fourth-order valence-corrected chi connectivity index (χ4v) is 2.04. The Labute approximate surface area is 109 Å². The van der Waals surface area contributed by atoms with E-state index in [-0.39, 0.29) is 0 Å². The van der Waals surface area contributed by atoms with Gasteiger partial charge in [0.15, 0.2) is 0 Å². The standard InChI is InChI=1S/C16H20N2/c1-3-6-13-7-4-5-8-16(13)18-14-9-10-15(17)12(2)11-14/h4-5,7-11,18H,3,6,17H2,1-2H3. The van der Waals surface area contributed by atoms with Crippen molar-refractivity contribution in [2.75, 3.05) is 11.1 Å². The summed E-state index contributed by atoms with van der Waals surface area (Å²) in [6.45, 7) is 4.22. The number of para-hydroxylation sites is 1. The Morgan fingerprint density at radius 3 is 2.61 bits per heavy atom. The lowest BCUT2D eigenvalue weighted by Gasteiger charge is -2.12. The molecule has 3 N–H and O–H groups in total. The van der Waals surface area contributed by atoms with Crippen molar-refractivity contribution in [3.63, 3.8) is 0 Å². The summed E-state index contributed by atoms with van der Waals surface area (Å²) in [5, 5.41) is 3.47. The first-order valence-corrected chi connectivity index (χ1v) is 6.41. The molecule has 0 aromatic heterocycles. The molecule has 0 saturated carbocycles. The smallest absolute Gasteiger partial charge is 0.0416 e. The zero-order chi connectivity index (χ0) is 13.0. The third-order valence-corrected chi connectivity index (χ3v) is 3.09. The third kappa shape index (κ3) is 2.83. The highest BCUT2D eigenvalue weighted by atomic mass is 14.9. The van der Waals surface area contributed by atoms with E-state index in [1.165, 1.54) is 11.3 Å². The van der Waals surface area contributed by atoms with Crippen molar-refractivity contribution in [3.05, 3.63) is 53.6 Å². The molecule has 18 heavy (non-hydrogen) atoms. The largest absolute Gasteiger partial charge is 0.399 e. The molecule has 2 rings (SSSR count). The summed E-state index contributed by atoms with van der Waals surface area (Å²) in [5.41, 5.74) is 11.4. The zero-order valence-electron chi connectivity index (χ0n) is 11.0. The molecule has 2 aromatic carbocycles. The molecule has 0 bridgehead atoms. The van der Waals surface area contributed by atoms with Gasteiger partial charge in [-0.25, -0.2) is 0 Å². The lowest BCUT2D eigenvalue weighted by molar-refractivity contribution is 0.923. The van der Waals surface area contributed by atoms with Gasteiger partial charge in [0.1, 0.15) is 0 Å². The van der Waals surface area contributed by atoms with Crippen molar-refractivity contribution >= 4 is 17.1 Å². The molecule has 94 valence electrons. The van der Waals surface area contributed by atoms with E-state index in [9.17, 15) is 0 Å². The first-order chi connectivity index (χ1) is 8.70. The molecule has 0 aliphatic heterocycles. The Bertz CT molecular complexity index is 532. The Balaban J connectivity index is 2.25. The van der Waals surface area contributed by atoms with Crippen LogP contribution < -0.4 is 11.1 Å². The number of hydrogen-bond acceptors (Lipinski definition) is 2. The van der Waals surface area contributed by atoms with Crippen LogP contribution in [0, 0.1) is 6.92 Å². The molecule has 0 atom stereocenters. The molecule has 0 spiro atoms. The van der Waals surface area contributed by atoms with Crippen LogP contribution in [0.1, 0.15) is 24.5 Å². The molecule has 2 nitrogen and oxygen atoms in total. The van der Waals surface area contributed by atoms with Crippen molar-refractivity contribution in [2.45, 2.75) is 26.7 Å². The van der Waals surface area contributed by atoms with Gasteiger partial charge in [0.2, 0.25) is 0 Å². The average Bonchev–Trinajstić information content (AvgIpc) is 2.37. The second-order valence-electron chi connectivity index (χ2n) is 4.60. The van der Waals surface area contributed by atoms with Crippen LogP contribution in [0.3, 0.4) is 0 Å². The quantitative estimate of drug-likeness (QED) is 0.783. The number of benzene rings is 2. The Morgan fingerprint density at radius 2 is 1.89 bits per heavy atom. The second-order valence-corrected chi connectivity index (χ2v) is 4.60. The topological polar surface area (TPSA) is 38.0 Å². The fraction of sp³-hybridized carbons (Fsp3) is 0.250. The van der Waals surface area contributed by atoms with Gasteiger partial charge in [-0.1, -0.05) is 31.5 Å². The van der Waals surface area contributed by atoms with Gasteiger partial charge in [-0.3, -0.25) is 0 Å². The van der Waals surface area contributed by atoms with Crippen molar-refractivity contribution < 1.29 is 0 Å². The van der Waals surface area contributed by atoms with Gasteiger partial charge in [-0.2, -0.15) is 0 Å². The van der Waals surface area contributed by atoms with Crippen molar-refractivity contribution in [1.29, 1.82) is 0 Å². The van der Waals surface area contributed by atoms with Gasteiger partial charge < -0.3 is 11.1 Å². The van der Waals surface area contributed by atoms with Crippen LogP contribution in [0.5, 0.6) is 0 Å². The van der Waals surface area contributed by atoms with E-state index in [4.69, 9.17) is 5.73 Å². The zero-order valence-corrected chi connectivity index (χ0v) is 11.0. The lowest BCUT2D eigenvalue weighted by atomic mass is 10.1. The predicted molar refractivity (Wildman–Crippen MR) is 79.3 cm³/mol. The number of anilines is 3. The van der Waals surface area contributed by atoms with Gasteiger partial charge in [0.05, 0.1) is 0 Å². The molecule has 0 unspecified atom stereocenters. The van der Waals surface area contributed by atoms with Gasteiger partial charge in [0, 0.05) is 17.1 Å². The molecular formula is C16H20N2. The number of rotatable bonds is 4. The molecule has 0 saturated heterocycles. The van der Waals surface area contributed by atoms with Gasteiger partial charge in [0.25, 0.3) is 0 Å². The van der Waals surface area contributed by atoms with Crippen molar-refractivity contribution in [3.8, 4) is 0 Å². The Hall–Kier alpha value is -1.96. The van der Waals surface area contributed by atoms with E-state index in [0.717, 1.165) is 29.8 Å². The number of hydrogen-bond donors (Lipinski definition) is 2. The molecule has 0 amide bonds. The maximum Gasteiger partial charge on any atom is 0.0416 e. The summed E-state index contributed by atoms with van der Waals surface area (Å²) < 4.78 is 0. The minimum Gasteiger partial charge on any atom is -0.399 e. The molecule has 2 aromatic rings. The third-order valence-electron chi connectivity index (χ3n) is 3.09. The number of nitrogen functional groups attached to an aromatic ring is 1. The van der Waals surface area contributed by atoms with Crippen LogP contribution in [-0.2, 0) is 6.42 Å². The highest BCUT2D eigenvalue weighted by Gasteiger charge is 2.02. The molecule has 2 heteroatoms. The van der Waals surface area contributed by atoms with Gasteiger partial charge in [-0.05, 0) is 48.7 Å². The summed E-state index contributed by atoms with van der Waals surface area (Å²) in [5.74, 6) is 0. The van der Waals surface area contributed by atoms with Crippen molar-refractivity contribution in [2.24, 2.45) is 0 Å². The lowest BCUT2D eigenvalue weighted by Crippen LogP contribution is -1.97. The van der Waals surface area contributed by atoms with E-state index in [1.807, 2.05) is 19.1 Å². The summed E-state index contributed by atoms with van der Waals surface area (Å²) in [6.07, 6.45) is 2.25. The van der Waals surface area contributed by atoms with Crippen molar-refractivity contribution in [1.82, 2.24) is 0 Å². The number of nitrogens with two attached hydrogens (primary N) is 1. The van der Waals surface area contributed by atoms with Gasteiger partial charge >= 0.3 is 0 Å². The maximum atomic E-state index is 5.83. The van der Waals surface area contributed by atoms with Crippen LogP contribution in [0.4, 0.5) is 17.1 Å². The minimum absolute atomic E-state index is 0.836. The van der Waals surface area contributed by atoms with Crippen LogP contribution in [0.2, 0.25) is 0 Å². The van der Waals surface area contributed by atoms with E-state index in [0.29, 0.717) is 0 Å². The minimum atomic E-state index is 0.836. The molecule has 0 aliphatic rings. The molecule has 0 heterocycles. The second kappa shape index (κ2) is 5.58. The van der Waals surface area contributed by atoms with Crippen LogP contribution in [0.25, 0.3) is 0 Å². The van der Waals surface area contributed by atoms with Crippen LogP contribution in [0.15, 0.2) is 42.5 Å². The highest BCUT2D eigenvalue weighted by Crippen LogP contribution is 2.24. The Kier molecular flexibility index (Phi) is 3.88. The first-order valence-electron chi connectivity index (χ1n) is 6.41.